The predicted octanol–water partition coefficient (Wildman–Crippen LogP) is 1.37. The fourth-order valence-electron chi connectivity index (χ4n) is 1.95. The van der Waals surface area contributed by atoms with Gasteiger partial charge < -0.3 is 10.1 Å². The Bertz CT molecular complexity index is 778. The lowest BCUT2D eigenvalue weighted by Crippen LogP contribution is -2.21. The highest BCUT2D eigenvalue weighted by molar-refractivity contribution is 5.92. The molecule has 130 valence electrons. The van der Waals surface area contributed by atoms with Crippen molar-refractivity contribution in [1.82, 2.24) is 19.6 Å². The average molecular weight is 345 g/mol. The smallest absolute Gasteiger partial charge is 0.435 e. The number of carbonyl (C=O) groups excluding carboxylic acids is 2. The molecule has 2 rings (SSSR count). The van der Waals surface area contributed by atoms with Crippen LogP contribution >= 0.6 is 0 Å². The van der Waals surface area contributed by atoms with Crippen LogP contribution in [0.3, 0.4) is 0 Å². The van der Waals surface area contributed by atoms with Crippen LogP contribution < -0.4 is 5.32 Å². The molecule has 0 unspecified atom stereocenters. The van der Waals surface area contributed by atoms with E-state index in [1.165, 1.54) is 31.8 Å². The van der Waals surface area contributed by atoms with Gasteiger partial charge in [0.1, 0.15) is 12.2 Å². The molecule has 8 nitrogen and oxygen atoms in total. The number of amides is 1. The molecule has 0 aliphatic heterocycles. The Balaban J connectivity index is 2.09. The lowest BCUT2D eigenvalue weighted by molar-refractivity contribution is -0.141. The van der Waals surface area contributed by atoms with Crippen LogP contribution in [0.2, 0.25) is 0 Å². The van der Waals surface area contributed by atoms with Gasteiger partial charge in [-0.15, -0.1) is 0 Å². The first-order chi connectivity index (χ1) is 11.1. The number of hydrogen-bond acceptors (Lipinski definition) is 5. The Morgan fingerprint density at radius 1 is 1.29 bits per heavy atom. The van der Waals surface area contributed by atoms with E-state index in [1.54, 1.807) is 0 Å². The molecular weight excluding hydrogens is 331 g/mol. The van der Waals surface area contributed by atoms with Crippen LogP contribution in [0.5, 0.6) is 0 Å². The zero-order valence-corrected chi connectivity index (χ0v) is 13.0. The molecule has 2 aromatic rings. The topological polar surface area (TPSA) is 91.0 Å². The second kappa shape index (κ2) is 6.34. The van der Waals surface area contributed by atoms with Gasteiger partial charge in [0, 0.05) is 18.8 Å². The van der Waals surface area contributed by atoms with Gasteiger partial charge in [0.25, 0.3) is 0 Å². The number of halogens is 3. The second-order valence-corrected chi connectivity index (χ2v) is 4.90. The van der Waals surface area contributed by atoms with E-state index in [2.05, 4.69) is 20.3 Å². The molecule has 0 fully saturated rings. The number of esters is 1. The van der Waals surface area contributed by atoms with Gasteiger partial charge in [-0.05, 0) is 13.0 Å². The fourth-order valence-corrected chi connectivity index (χ4v) is 1.95. The first kappa shape index (κ1) is 17.5. The summed E-state index contributed by atoms with van der Waals surface area (Å²) in [5, 5.41) is 9.65. The van der Waals surface area contributed by atoms with Gasteiger partial charge >= 0.3 is 12.1 Å². The molecule has 0 aliphatic carbocycles. The lowest BCUT2D eigenvalue weighted by atomic mass is 10.3. The van der Waals surface area contributed by atoms with Crippen LogP contribution in [0.1, 0.15) is 21.9 Å². The van der Waals surface area contributed by atoms with E-state index in [1.807, 2.05) is 0 Å². The Morgan fingerprint density at radius 2 is 1.96 bits per heavy atom. The Kier molecular flexibility index (Phi) is 4.62. The Labute approximate surface area is 134 Å². The SMILES string of the molecule is COC(=O)c1cc(NC(=O)Cn2nc(C(F)(F)F)cc2C)nn1C. The first-order valence-corrected chi connectivity index (χ1v) is 6.65. The molecule has 11 heteroatoms. The number of anilines is 1. The number of ether oxygens (including phenoxy) is 1. The van der Waals surface area contributed by atoms with Gasteiger partial charge in [-0.1, -0.05) is 0 Å². The summed E-state index contributed by atoms with van der Waals surface area (Å²) in [5.41, 5.74) is -0.769. The van der Waals surface area contributed by atoms with Crippen molar-refractivity contribution < 1.29 is 27.5 Å². The number of rotatable bonds is 4. The Morgan fingerprint density at radius 3 is 2.50 bits per heavy atom. The molecule has 0 radical (unpaired) electrons. The van der Waals surface area contributed by atoms with E-state index in [-0.39, 0.29) is 17.2 Å². The first-order valence-electron chi connectivity index (χ1n) is 6.65. The van der Waals surface area contributed by atoms with Crippen LogP contribution in [0.15, 0.2) is 12.1 Å². The summed E-state index contributed by atoms with van der Waals surface area (Å²) in [6, 6.07) is 2.14. The maximum absolute atomic E-state index is 12.6. The third-order valence-electron chi connectivity index (χ3n) is 3.11. The molecule has 0 bridgehead atoms. The van der Waals surface area contributed by atoms with Crippen molar-refractivity contribution in [2.45, 2.75) is 19.6 Å². The molecule has 0 saturated heterocycles. The van der Waals surface area contributed by atoms with Crippen molar-refractivity contribution in [1.29, 1.82) is 0 Å². The number of methoxy groups -OCH3 is 1. The van der Waals surface area contributed by atoms with Gasteiger partial charge in [-0.3, -0.25) is 14.2 Å². The second-order valence-electron chi connectivity index (χ2n) is 4.90. The van der Waals surface area contributed by atoms with Crippen LogP contribution in [0.4, 0.5) is 19.0 Å². The highest BCUT2D eigenvalue weighted by atomic mass is 19.4. The van der Waals surface area contributed by atoms with E-state index in [9.17, 15) is 22.8 Å². The van der Waals surface area contributed by atoms with E-state index in [0.29, 0.717) is 0 Å². The van der Waals surface area contributed by atoms with Gasteiger partial charge in [0.15, 0.2) is 11.5 Å². The number of alkyl halides is 3. The number of nitrogens with one attached hydrogen (secondary N) is 1. The zero-order chi connectivity index (χ0) is 18.1. The summed E-state index contributed by atoms with van der Waals surface area (Å²) in [6.45, 7) is 0.984. The average Bonchev–Trinajstić information content (AvgIpc) is 3.01. The van der Waals surface area contributed by atoms with Gasteiger partial charge in [0.05, 0.1) is 7.11 Å². The van der Waals surface area contributed by atoms with Gasteiger partial charge in [-0.2, -0.15) is 23.4 Å². The lowest BCUT2D eigenvalue weighted by Gasteiger charge is -2.04. The summed E-state index contributed by atoms with van der Waals surface area (Å²) in [5.74, 6) is -1.20. The van der Waals surface area contributed by atoms with Crippen molar-refractivity contribution in [2.24, 2.45) is 7.05 Å². The zero-order valence-electron chi connectivity index (χ0n) is 13.0. The number of carbonyl (C=O) groups is 2. The summed E-state index contributed by atoms with van der Waals surface area (Å²) in [7, 11) is 2.68. The summed E-state index contributed by atoms with van der Waals surface area (Å²) in [4.78, 5) is 23.4. The van der Waals surface area contributed by atoms with Crippen LogP contribution in [0.25, 0.3) is 0 Å². The molecule has 0 aromatic carbocycles. The van der Waals surface area contributed by atoms with E-state index in [0.717, 1.165) is 10.7 Å². The van der Waals surface area contributed by atoms with Gasteiger partial charge in [-0.25, -0.2) is 4.79 Å². The summed E-state index contributed by atoms with van der Waals surface area (Å²) >= 11 is 0. The molecule has 0 saturated carbocycles. The van der Waals surface area contributed by atoms with E-state index < -0.39 is 30.3 Å². The standard InChI is InChI=1S/C13H14F3N5O3/c1-7-4-9(13(14,15)16)18-21(7)6-11(22)17-10-5-8(12(23)24-3)20(2)19-10/h4-5H,6H2,1-3H3,(H,17,19,22). The minimum Gasteiger partial charge on any atom is -0.464 e. The molecule has 1 amide bonds. The highest BCUT2D eigenvalue weighted by Gasteiger charge is 2.34. The van der Waals surface area contributed by atoms with Gasteiger partial charge in [0.2, 0.25) is 5.91 Å². The fraction of sp³-hybridized carbons (Fsp3) is 0.385. The third kappa shape index (κ3) is 3.73. The van der Waals surface area contributed by atoms with Crippen LogP contribution in [-0.2, 0) is 29.3 Å². The van der Waals surface area contributed by atoms with Crippen molar-refractivity contribution in [2.75, 3.05) is 12.4 Å². The van der Waals surface area contributed by atoms with Crippen LogP contribution in [0, 0.1) is 6.92 Å². The minimum absolute atomic E-state index is 0.0729. The largest absolute Gasteiger partial charge is 0.464 e. The summed E-state index contributed by atoms with van der Waals surface area (Å²) in [6.07, 6.45) is -4.58. The van der Waals surface area contributed by atoms with Crippen LogP contribution in [-0.4, -0.2) is 38.5 Å². The Hall–Kier alpha value is -2.85. The predicted molar refractivity (Wildman–Crippen MR) is 75.1 cm³/mol. The molecule has 2 heterocycles. The molecule has 24 heavy (non-hydrogen) atoms. The maximum atomic E-state index is 12.6. The molecular formula is C13H14F3N5O3. The van der Waals surface area contributed by atoms with Crippen molar-refractivity contribution in [3.8, 4) is 0 Å². The maximum Gasteiger partial charge on any atom is 0.435 e. The number of aromatic nitrogens is 4. The molecule has 2 aromatic heterocycles. The highest BCUT2D eigenvalue weighted by Crippen LogP contribution is 2.28. The van der Waals surface area contributed by atoms with Crippen molar-refractivity contribution in [3.05, 3.63) is 29.2 Å². The quantitative estimate of drug-likeness (QED) is 0.845. The number of nitrogens with zero attached hydrogens (tertiary/aromatic N) is 4. The normalized spacial score (nSPS) is 11.4. The van der Waals surface area contributed by atoms with Crippen molar-refractivity contribution in [3.63, 3.8) is 0 Å². The van der Waals surface area contributed by atoms with E-state index in [4.69, 9.17) is 0 Å². The molecule has 1 N–H and O–H groups in total. The number of aryl methyl sites for hydroxylation is 2. The van der Waals surface area contributed by atoms with Crippen molar-refractivity contribution >= 4 is 17.7 Å². The molecule has 0 aliphatic rings. The minimum atomic E-state index is -4.58. The number of hydrogen-bond donors (Lipinski definition) is 1. The molecule has 0 spiro atoms. The molecule has 0 atom stereocenters. The third-order valence-corrected chi connectivity index (χ3v) is 3.11. The van der Waals surface area contributed by atoms with E-state index >= 15 is 0 Å². The monoisotopic (exact) mass is 345 g/mol. The summed E-state index contributed by atoms with van der Waals surface area (Å²) < 4.78 is 44.5.